The summed E-state index contributed by atoms with van der Waals surface area (Å²) in [6.45, 7) is 1.07. The number of imidazole rings is 1. The summed E-state index contributed by atoms with van der Waals surface area (Å²) in [5.41, 5.74) is 0.202. The van der Waals surface area contributed by atoms with Crippen LogP contribution in [0.2, 0.25) is 5.02 Å². The van der Waals surface area contributed by atoms with E-state index < -0.39 is 15.8 Å². The number of rotatable bonds is 3. The fourth-order valence-electron chi connectivity index (χ4n) is 2.69. The number of benzene rings is 1. The molecule has 1 amide bonds. The first-order valence-electron chi connectivity index (χ1n) is 7.62. The number of nitrogens with one attached hydrogen (secondary N) is 1. The van der Waals surface area contributed by atoms with E-state index in [-0.39, 0.29) is 34.6 Å². The zero-order chi connectivity index (χ0) is 18.0. The molecule has 134 valence electrons. The average molecular weight is 387 g/mol. The summed E-state index contributed by atoms with van der Waals surface area (Å²) in [4.78, 5) is 20.5. The first-order chi connectivity index (χ1) is 11.9. The summed E-state index contributed by atoms with van der Waals surface area (Å²) in [6.07, 6.45) is 3.04. The minimum Gasteiger partial charge on any atom is -0.337 e. The molecule has 0 aliphatic carbocycles. The van der Waals surface area contributed by atoms with Crippen LogP contribution in [0.25, 0.3) is 0 Å². The van der Waals surface area contributed by atoms with Crippen molar-refractivity contribution in [2.45, 2.75) is 11.4 Å². The number of halogens is 2. The predicted molar refractivity (Wildman–Crippen MR) is 89.3 cm³/mol. The fourth-order valence-corrected chi connectivity index (χ4v) is 4.31. The van der Waals surface area contributed by atoms with Crippen molar-refractivity contribution < 1.29 is 17.6 Å². The number of amides is 1. The quantitative estimate of drug-likeness (QED) is 0.870. The summed E-state index contributed by atoms with van der Waals surface area (Å²) >= 11 is 5.95. The number of carbonyl (C=O) groups is 1. The Hall–Kier alpha value is -1.97. The van der Waals surface area contributed by atoms with Gasteiger partial charge < -0.3 is 9.88 Å². The van der Waals surface area contributed by atoms with E-state index in [4.69, 9.17) is 11.6 Å². The number of H-pyrrole nitrogens is 1. The second-order valence-corrected chi connectivity index (χ2v) is 7.90. The molecule has 1 saturated heterocycles. The Morgan fingerprint density at radius 3 is 2.72 bits per heavy atom. The van der Waals surface area contributed by atoms with Crippen molar-refractivity contribution in [3.05, 3.63) is 47.1 Å². The van der Waals surface area contributed by atoms with Gasteiger partial charge in [0.1, 0.15) is 5.82 Å². The van der Waals surface area contributed by atoms with Gasteiger partial charge in [-0.1, -0.05) is 11.6 Å². The molecular formula is C15H16ClFN4O3S. The molecule has 0 radical (unpaired) electrons. The summed E-state index contributed by atoms with van der Waals surface area (Å²) in [5, 5.41) is 0.0602. The van der Waals surface area contributed by atoms with Crippen LogP contribution in [0.3, 0.4) is 0 Å². The maximum Gasteiger partial charge on any atom is 0.260 e. The third-order valence-electron chi connectivity index (χ3n) is 3.99. The van der Waals surface area contributed by atoms with Gasteiger partial charge >= 0.3 is 0 Å². The number of hydrogen-bond acceptors (Lipinski definition) is 4. The van der Waals surface area contributed by atoms with E-state index in [0.29, 0.717) is 19.5 Å². The molecule has 0 unspecified atom stereocenters. The third kappa shape index (κ3) is 3.68. The van der Waals surface area contributed by atoms with Crippen molar-refractivity contribution in [1.82, 2.24) is 19.2 Å². The molecule has 2 aromatic rings. The molecule has 7 nitrogen and oxygen atoms in total. The maximum absolute atomic E-state index is 13.1. The van der Waals surface area contributed by atoms with Crippen LogP contribution >= 0.6 is 11.6 Å². The van der Waals surface area contributed by atoms with Gasteiger partial charge in [0, 0.05) is 26.2 Å². The van der Waals surface area contributed by atoms with E-state index in [1.807, 2.05) is 0 Å². The number of sulfonamides is 1. The molecule has 2 heterocycles. The van der Waals surface area contributed by atoms with Crippen molar-refractivity contribution in [2.75, 3.05) is 26.2 Å². The van der Waals surface area contributed by atoms with Crippen LogP contribution in [-0.2, 0) is 10.0 Å². The molecule has 1 fully saturated rings. The Labute approximate surface area is 149 Å². The van der Waals surface area contributed by atoms with Gasteiger partial charge in [-0.15, -0.1) is 0 Å². The lowest BCUT2D eigenvalue weighted by Gasteiger charge is -2.22. The molecule has 25 heavy (non-hydrogen) atoms. The first kappa shape index (κ1) is 17.8. The minimum absolute atomic E-state index is 0.0221. The maximum atomic E-state index is 13.1. The summed E-state index contributed by atoms with van der Waals surface area (Å²) in [6, 6.07) is 3.59. The van der Waals surface area contributed by atoms with Crippen LogP contribution in [0, 0.1) is 5.82 Å². The highest BCUT2D eigenvalue weighted by molar-refractivity contribution is 7.89. The van der Waals surface area contributed by atoms with Crippen molar-refractivity contribution >= 4 is 27.5 Å². The van der Waals surface area contributed by atoms with E-state index in [9.17, 15) is 17.6 Å². The van der Waals surface area contributed by atoms with Gasteiger partial charge in [-0.25, -0.2) is 17.8 Å². The molecule has 1 aliphatic rings. The van der Waals surface area contributed by atoms with E-state index in [2.05, 4.69) is 9.97 Å². The Balaban J connectivity index is 1.74. The summed E-state index contributed by atoms with van der Waals surface area (Å²) in [5.74, 6) is -0.861. The standard InChI is InChI=1S/C15H16ClFN4O3S/c16-13-8-11(17)2-3-12(13)15(22)20-4-1-5-21(7-6-20)25(23,24)14-9-18-10-19-14/h2-3,8-10H,1,4-7H2,(H,18,19). The molecule has 1 aliphatic heterocycles. The van der Waals surface area contributed by atoms with E-state index in [1.165, 1.54) is 33.9 Å². The van der Waals surface area contributed by atoms with Gasteiger partial charge in [-0.3, -0.25) is 4.79 Å². The zero-order valence-electron chi connectivity index (χ0n) is 13.2. The van der Waals surface area contributed by atoms with Crippen LogP contribution in [0.15, 0.2) is 35.7 Å². The Morgan fingerprint density at radius 1 is 1.24 bits per heavy atom. The van der Waals surface area contributed by atoms with E-state index in [1.54, 1.807) is 0 Å². The molecule has 1 aromatic carbocycles. The minimum atomic E-state index is -3.67. The number of aromatic amines is 1. The van der Waals surface area contributed by atoms with Crippen LogP contribution < -0.4 is 0 Å². The molecule has 0 saturated carbocycles. The van der Waals surface area contributed by atoms with Crippen molar-refractivity contribution in [1.29, 1.82) is 0 Å². The highest BCUT2D eigenvalue weighted by atomic mass is 35.5. The van der Waals surface area contributed by atoms with Crippen LogP contribution in [-0.4, -0.2) is 59.7 Å². The van der Waals surface area contributed by atoms with Gasteiger partial charge in [-0.05, 0) is 24.6 Å². The second kappa shape index (κ2) is 7.11. The van der Waals surface area contributed by atoms with Crippen LogP contribution in [0.1, 0.15) is 16.8 Å². The number of nitrogens with zero attached hydrogens (tertiary/aromatic N) is 3. The monoisotopic (exact) mass is 386 g/mol. The van der Waals surface area contributed by atoms with Gasteiger partial charge in [0.15, 0.2) is 5.03 Å². The topological polar surface area (TPSA) is 86.4 Å². The van der Waals surface area contributed by atoms with Crippen molar-refractivity contribution in [3.8, 4) is 0 Å². The molecule has 1 N–H and O–H groups in total. The Bertz CT molecular complexity index is 873. The largest absolute Gasteiger partial charge is 0.337 e. The highest BCUT2D eigenvalue weighted by Crippen LogP contribution is 2.21. The van der Waals surface area contributed by atoms with E-state index in [0.717, 1.165) is 6.07 Å². The highest BCUT2D eigenvalue weighted by Gasteiger charge is 2.29. The van der Waals surface area contributed by atoms with Gasteiger partial charge in [-0.2, -0.15) is 4.31 Å². The lowest BCUT2D eigenvalue weighted by Crippen LogP contribution is -2.37. The lowest BCUT2D eigenvalue weighted by molar-refractivity contribution is 0.0764. The molecule has 1 aromatic heterocycles. The van der Waals surface area contributed by atoms with Crippen molar-refractivity contribution in [2.24, 2.45) is 0 Å². The predicted octanol–water partition coefficient (Wildman–Crippen LogP) is 1.74. The SMILES string of the molecule is O=C(c1ccc(F)cc1Cl)N1CCCN(S(=O)(=O)c2cnc[nH]2)CC1. The average Bonchev–Trinajstić information content (AvgIpc) is 2.99. The summed E-state index contributed by atoms with van der Waals surface area (Å²) < 4.78 is 39.5. The lowest BCUT2D eigenvalue weighted by atomic mass is 10.2. The molecule has 10 heteroatoms. The van der Waals surface area contributed by atoms with E-state index >= 15 is 0 Å². The second-order valence-electron chi connectivity index (χ2n) is 5.59. The first-order valence-corrected chi connectivity index (χ1v) is 9.44. The third-order valence-corrected chi connectivity index (χ3v) is 6.13. The Kier molecular flexibility index (Phi) is 5.07. The van der Waals surface area contributed by atoms with Crippen LogP contribution in [0.4, 0.5) is 4.39 Å². The fraction of sp³-hybridized carbons (Fsp3) is 0.333. The van der Waals surface area contributed by atoms with Gasteiger partial charge in [0.05, 0.1) is 23.1 Å². The number of aromatic nitrogens is 2. The van der Waals surface area contributed by atoms with Crippen molar-refractivity contribution in [3.63, 3.8) is 0 Å². The normalized spacial score (nSPS) is 16.6. The molecule has 3 rings (SSSR count). The molecular weight excluding hydrogens is 371 g/mol. The smallest absolute Gasteiger partial charge is 0.260 e. The Morgan fingerprint density at radius 2 is 2.04 bits per heavy atom. The number of hydrogen-bond donors (Lipinski definition) is 1. The zero-order valence-corrected chi connectivity index (χ0v) is 14.7. The molecule has 0 atom stereocenters. The molecule has 0 spiro atoms. The summed E-state index contributed by atoms with van der Waals surface area (Å²) in [7, 11) is -3.67. The number of carbonyl (C=O) groups excluding carboxylic acids is 1. The molecule has 0 bridgehead atoms. The van der Waals surface area contributed by atoms with Crippen LogP contribution in [0.5, 0.6) is 0 Å². The van der Waals surface area contributed by atoms with Gasteiger partial charge in [0.2, 0.25) is 0 Å². The van der Waals surface area contributed by atoms with Gasteiger partial charge in [0.25, 0.3) is 15.9 Å².